The van der Waals surface area contributed by atoms with E-state index in [1.807, 2.05) is 6.07 Å². The molecule has 0 saturated heterocycles. The van der Waals surface area contributed by atoms with E-state index in [0.29, 0.717) is 5.82 Å². The first kappa shape index (κ1) is 9.83. The Morgan fingerprint density at radius 1 is 1.33 bits per heavy atom. The molecule has 0 unspecified atom stereocenters. The Bertz CT molecular complexity index is 467. The minimum Gasteiger partial charge on any atom is -0.383 e. The van der Waals surface area contributed by atoms with Gasteiger partial charge in [-0.05, 0) is 12.5 Å². The van der Waals surface area contributed by atoms with Crippen molar-refractivity contribution >= 4 is 16.7 Å². The van der Waals surface area contributed by atoms with E-state index < -0.39 is 0 Å². The van der Waals surface area contributed by atoms with Gasteiger partial charge in [0.2, 0.25) is 0 Å². The molecule has 78 valence electrons. The molecule has 0 fully saturated rings. The van der Waals surface area contributed by atoms with Crippen LogP contribution in [0.25, 0.3) is 10.9 Å². The largest absolute Gasteiger partial charge is 0.383 e. The molecule has 0 radical (unpaired) electrons. The molecule has 0 aliphatic heterocycles. The molecule has 4 nitrogen and oxygen atoms in total. The van der Waals surface area contributed by atoms with Gasteiger partial charge in [-0.25, -0.2) is 9.97 Å². The minimum absolute atomic E-state index is 0.550. The predicted octanol–water partition coefficient (Wildman–Crippen LogP) is 1.95. The van der Waals surface area contributed by atoms with Gasteiger partial charge in [-0.3, -0.25) is 4.98 Å². The van der Waals surface area contributed by atoms with E-state index in [4.69, 9.17) is 5.73 Å². The Morgan fingerprint density at radius 3 is 3.00 bits per heavy atom. The van der Waals surface area contributed by atoms with Gasteiger partial charge in [0.05, 0.1) is 11.7 Å². The lowest BCUT2D eigenvalue weighted by Crippen LogP contribution is -2.01. The molecule has 0 bridgehead atoms. The molecule has 2 aromatic rings. The molecular formula is C11H14N4. The number of nitrogen functional groups attached to an aromatic ring is 1. The summed E-state index contributed by atoms with van der Waals surface area (Å²) >= 11 is 0. The van der Waals surface area contributed by atoms with E-state index in [-0.39, 0.29) is 0 Å². The topological polar surface area (TPSA) is 64.7 Å². The number of hydrogen-bond donors (Lipinski definition) is 1. The average Bonchev–Trinajstić information content (AvgIpc) is 2.26. The molecule has 2 heterocycles. The highest BCUT2D eigenvalue weighted by Gasteiger charge is 2.04. The minimum atomic E-state index is 0.550. The summed E-state index contributed by atoms with van der Waals surface area (Å²) < 4.78 is 0. The third kappa shape index (κ3) is 2.03. The zero-order valence-electron chi connectivity index (χ0n) is 8.77. The highest BCUT2D eigenvalue weighted by Crippen LogP contribution is 2.16. The predicted molar refractivity (Wildman–Crippen MR) is 60.4 cm³/mol. The van der Waals surface area contributed by atoms with Crippen molar-refractivity contribution in [2.24, 2.45) is 0 Å². The molecule has 0 amide bonds. The molecule has 0 saturated carbocycles. The van der Waals surface area contributed by atoms with Crippen LogP contribution in [0, 0.1) is 0 Å². The lowest BCUT2D eigenvalue weighted by atomic mass is 10.2. The Hall–Kier alpha value is -1.71. The van der Waals surface area contributed by atoms with Gasteiger partial charge in [0.15, 0.2) is 0 Å². The smallest absolute Gasteiger partial charge is 0.135 e. The van der Waals surface area contributed by atoms with Gasteiger partial charge in [0, 0.05) is 18.0 Å². The molecule has 0 atom stereocenters. The number of hydrogen-bond acceptors (Lipinski definition) is 4. The number of nitrogens with two attached hydrogens (primary N) is 1. The van der Waals surface area contributed by atoms with Gasteiger partial charge in [0.1, 0.15) is 11.6 Å². The monoisotopic (exact) mass is 202 g/mol. The van der Waals surface area contributed by atoms with E-state index in [1.54, 1.807) is 12.4 Å². The molecule has 2 N–H and O–H groups in total. The lowest BCUT2D eigenvalue weighted by Gasteiger charge is -2.03. The van der Waals surface area contributed by atoms with Gasteiger partial charge in [-0.2, -0.15) is 0 Å². The zero-order valence-corrected chi connectivity index (χ0v) is 8.77. The Balaban J connectivity index is 2.43. The number of nitrogens with zero attached hydrogens (tertiary/aromatic N) is 3. The summed E-state index contributed by atoms with van der Waals surface area (Å²) in [6.07, 6.45) is 6.53. The summed E-state index contributed by atoms with van der Waals surface area (Å²) in [4.78, 5) is 12.7. The third-order valence-corrected chi connectivity index (χ3v) is 2.33. The highest BCUT2D eigenvalue weighted by molar-refractivity contribution is 5.86. The van der Waals surface area contributed by atoms with E-state index >= 15 is 0 Å². The van der Waals surface area contributed by atoms with Crippen LogP contribution >= 0.6 is 0 Å². The molecule has 0 spiro atoms. The number of fused-ring (bicyclic) bond motifs is 1. The van der Waals surface area contributed by atoms with Crippen molar-refractivity contribution in [3.05, 3.63) is 24.3 Å². The summed E-state index contributed by atoms with van der Waals surface area (Å²) in [7, 11) is 0. The maximum Gasteiger partial charge on any atom is 0.135 e. The number of unbranched alkanes of at least 4 members (excludes halogenated alkanes) is 1. The van der Waals surface area contributed by atoms with Crippen LogP contribution < -0.4 is 5.73 Å². The second-order valence-corrected chi connectivity index (χ2v) is 3.52. The van der Waals surface area contributed by atoms with Crippen molar-refractivity contribution in [1.82, 2.24) is 15.0 Å². The molecule has 15 heavy (non-hydrogen) atoms. The van der Waals surface area contributed by atoms with Crippen molar-refractivity contribution in [1.29, 1.82) is 0 Å². The van der Waals surface area contributed by atoms with Crippen LogP contribution in [0.1, 0.15) is 25.6 Å². The summed E-state index contributed by atoms with van der Waals surface area (Å²) in [5.74, 6) is 1.36. The molecule has 0 aliphatic rings. The summed E-state index contributed by atoms with van der Waals surface area (Å²) in [5, 5.41) is 0.880. The van der Waals surface area contributed by atoms with Gasteiger partial charge in [-0.1, -0.05) is 13.3 Å². The number of aromatic nitrogens is 3. The number of rotatable bonds is 3. The SMILES string of the molecule is CCCCc1nc(N)c2ccncc2n1. The van der Waals surface area contributed by atoms with E-state index in [0.717, 1.165) is 36.0 Å². The van der Waals surface area contributed by atoms with Gasteiger partial charge < -0.3 is 5.73 Å². The molecule has 2 rings (SSSR count). The van der Waals surface area contributed by atoms with Crippen LogP contribution in [0.5, 0.6) is 0 Å². The van der Waals surface area contributed by atoms with Crippen molar-refractivity contribution in [2.75, 3.05) is 5.73 Å². The van der Waals surface area contributed by atoms with Gasteiger partial charge in [-0.15, -0.1) is 0 Å². The molecule has 0 aromatic carbocycles. The first-order valence-corrected chi connectivity index (χ1v) is 5.17. The number of pyridine rings is 1. The third-order valence-electron chi connectivity index (χ3n) is 2.33. The normalized spacial score (nSPS) is 10.7. The fraction of sp³-hybridized carbons (Fsp3) is 0.364. The second-order valence-electron chi connectivity index (χ2n) is 3.52. The maximum absolute atomic E-state index is 5.85. The molecule has 4 heteroatoms. The lowest BCUT2D eigenvalue weighted by molar-refractivity contribution is 0.758. The van der Waals surface area contributed by atoms with E-state index in [9.17, 15) is 0 Å². The molecule has 0 aliphatic carbocycles. The molecule has 2 aromatic heterocycles. The Kier molecular flexibility index (Phi) is 2.76. The quantitative estimate of drug-likeness (QED) is 0.826. The number of anilines is 1. The number of aryl methyl sites for hydroxylation is 1. The zero-order chi connectivity index (χ0) is 10.7. The van der Waals surface area contributed by atoms with Gasteiger partial charge in [0.25, 0.3) is 0 Å². The van der Waals surface area contributed by atoms with Gasteiger partial charge >= 0.3 is 0 Å². The first-order chi connectivity index (χ1) is 7.31. The van der Waals surface area contributed by atoms with Crippen LogP contribution in [0.15, 0.2) is 18.5 Å². The standard InChI is InChI=1S/C11H14N4/c1-2-3-4-10-14-9-7-13-6-5-8(9)11(12)15-10/h5-7H,2-4H2,1H3,(H2,12,14,15). The van der Waals surface area contributed by atoms with E-state index in [2.05, 4.69) is 21.9 Å². The Labute approximate surface area is 88.6 Å². The summed E-state index contributed by atoms with van der Waals surface area (Å²) in [6.45, 7) is 2.14. The fourth-order valence-corrected chi connectivity index (χ4v) is 1.50. The van der Waals surface area contributed by atoms with Crippen molar-refractivity contribution in [2.45, 2.75) is 26.2 Å². The highest BCUT2D eigenvalue weighted by atomic mass is 14.9. The first-order valence-electron chi connectivity index (χ1n) is 5.17. The van der Waals surface area contributed by atoms with Crippen LogP contribution in [0.2, 0.25) is 0 Å². The summed E-state index contributed by atoms with van der Waals surface area (Å²) in [5.41, 5.74) is 6.68. The van der Waals surface area contributed by atoms with Crippen molar-refractivity contribution < 1.29 is 0 Å². The van der Waals surface area contributed by atoms with E-state index in [1.165, 1.54) is 0 Å². The van der Waals surface area contributed by atoms with Crippen LogP contribution in [0.3, 0.4) is 0 Å². The average molecular weight is 202 g/mol. The van der Waals surface area contributed by atoms with Crippen molar-refractivity contribution in [3.63, 3.8) is 0 Å². The Morgan fingerprint density at radius 2 is 2.20 bits per heavy atom. The second kappa shape index (κ2) is 4.21. The van der Waals surface area contributed by atoms with Crippen LogP contribution in [-0.4, -0.2) is 15.0 Å². The fourth-order valence-electron chi connectivity index (χ4n) is 1.50. The van der Waals surface area contributed by atoms with Crippen LogP contribution in [0.4, 0.5) is 5.82 Å². The maximum atomic E-state index is 5.85. The molecular weight excluding hydrogens is 188 g/mol. The van der Waals surface area contributed by atoms with Crippen LogP contribution in [-0.2, 0) is 6.42 Å². The van der Waals surface area contributed by atoms with Crippen molar-refractivity contribution in [3.8, 4) is 0 Å². The summed E-state index contributed by atoms with van der Waals surface area (Å²) in [6, 6.07) is 1.84.